The van der Waals surface area contributed by atoms with Gasteiger partial charge in [0.25, 0.3) is 5.91 Å². The number of aromatic nitrogens is 2. The highest BCUT2D eigenvalue weighted by Gasteiger charge is 2.30. The maximum absolute atomic E-state index is 13.5. The maximum atomic E-state index is 13.5. The number of methoxy groups -OCH3 is 1. The number of para-hydroxylation sites is 1. The largest absolute Gasteiger partial charge is 0.493 e. The van der Waals surface area contributed by atoms with E-state index in [0.717, 1.165) is 17.7 Å². The third kappa shape index (κ3) is 4.26. The lowest BCUT2D eigenvalue weighted by Gasteiger charge is -2.30. The molecule has 8 nitrogen and oxygen atoms in total. The summed E-state index contributed by atoms with van der Waals surface area (Å²) in [6, 6.07) is 14.5. The Morgan fingerprint density at radius 2 is 1.85 bits per heavy atom. The number of fused-ring (bicyclic) bond motifs is 1. The van der Waals surface area contributed by atoms with Crippen molar-refractivity contribution >= 4 is 21.6 Å². The lowest BCUT2D eigenvalue weighted by Crippen LogP contribution is -2.36. The fourth-order valence-corrected chi connectivity index (χ4v) is 5.66. The Balaban J connectivity index is 1.69. The Kier molecular flexibility index (Phi) is 6.53. The molecular weight excluding hydrogens is 440 g/mol. The predicted octanol–water partition coefficient (Wildman–Crippen LogP) is 3.50. The summed E-state index contributed by atoms with van der Waals surface area (Å²) in [4.78, 5) is 15.4. The van der Waals surface area contributed by atoms with Crippen molar-refractivity contribution in [1.82, 2.24) is 14.1 Å². The van der Waals surface area contributed by atoms with Gasteiger partial charge in [0.2, 0.25) is 10.0 Å². The van der Waals surface area contributed by atoms with Crippen LogP contribution in [-0.2, 0) is 16.4 Å². The summed E-state index contributed by atoms with van der Waals surface area (Å²) in [5.74, 6) is 0.110. The number of ether oxygens (including phenoxy) is 1. The van der Waals surface area contributed by atoms with Gasteiger partial charge in [-0.15, -0.1) is 0 Å². The van der Waals surface area contributed by atoms with Crippen LogP contribution in [0.5, 0.6) is 5.75 Å². The standard InChI is InChI=1S/C24H28N4O4S/c1-4-26(5-2)33(30,31)20-13-14-21-18(16-20)10-9-15-27(21)24(29)23-22(32-3)17-28(25-23)19-11-7-6-8-12-19/h6-8,11-14,16-17H,4-5,9-10,15H2,1-3H3. The van der Waals surface area contributed by atoms with Crippen molar-refractivity contribution in [3.63, 3.8) is 0 Å². The van der Waals surface area contributed by atoms with E-state index in [4.69, 9.17) is 4.74 Å². The van der Waals surface area contributed by atoms with E-state index in [1.165, 1.54) is 11.4 Å². The van der Waals surface area contributed by atoms with Crippen LogP contribution in [0.3, 0.4) is 0 Å². The smallest absolute Gasteiger partial charge is 0.282 e. The third-order valence-electron chi connectivity index (χ3n) is 5.88. The van der Waals surface area contributed by atoms with E-state index >= 15 is 0 Å². The molecule has 174 valence electrons. The van der Waals surface area contributed by atoms with Crippen molar-refractivity contribution in [1.29, 1.82) is 0 Å². The molecular formula is C24H28N4O4S. The molecule has 1 aliphatic rings. The molecule has 2 aromatic carbocycles. The highest BCUT2D eigenvalue weighted by Crippen LogP contribution is 2.32. The molecule has 1 amide bonds. The SMILES string of the molecule is CCN(CC)S(=O)(=O)c1ccc2c(c1)CCCN2C(=O)c1nn(-c2ccccc2)cc1OC. The molecule has 0 N–H and O–H groups in total. The molecule has 3 aromatic rings. The molecule has 0 saturated heterocycles. The van der Waals surface area contributed by atoms with Crippen molar-refractivity contribution in [2.24, 2.45) is 0 Å². The topological polar surface area (TPSA) is 84.7 Å². The lowest BCUT2D eigenvalue weighted by molar-refractivity contribution is 0.0977. The summed E-state index contributed by atoms with van der Waals surface area (Å²) in [6.45, 7) is 4.98. The van der Waals surface area contributed by atoms with Crippen molar-refractivity contribution in [3.05, 3.63) is 66.0 Å². The molecule has 0 atom stereocenters. The Hall–Kier alpha value is -3.17. The van der Waals surface area contributed by atoms with Crippen LogP contribution in [0.2, 0.25) is 0 Å². The summed E-state index contributed by atoms with van der Waals surface area (Å²) in [5, 5.41) is 4.50. The Morgan fingerprint density at radius 3 is 2.52 bits per heavy atom. The Bertz CT molecular complexity index is 1250. The second-order valence-corrected chi connectivity index (χ2v) is 9.70. The van der Waals surface area contributed by atoms with Crippen LogP contribution in [0, 0.1) is 0 Å². The number of aryl methyl sites for hydroxylation is 1. The van der Waals surface area contributed by atoms with Crippen LogP contribution in [0.25, 0.3) is 5.69 Å². The van der Waals surface area contributed by atoms with Crippen molar-refractivity contribution in [2.45, 2.75) is 31.6 Å². The molecule has 0 radical (unpaired) electrons. The van der Waals surface area contributed by atoms with Crippen molar-refractivity contribution in [2.75, 3.05) is 31.6 Å². The van der Waals surface area contributed by atoms with Crippen LogP contribution >= 0.6 is 0 Å². The number of sulfonamides is 1. The van der Waals surface area contributed by atoms with Crippen LogP contribution in [0.15, 0.2) is 59.6 Å². The van der Waals surface area contributed by atoms with Crippen LogP contribution in [0.1, 0.15) is 36.3 Å². The number of hydrogen-bond acceptors (Lipinski definition) is 5. The number of rotatable bonds is 7. The number of amides is 1. The van der Waals surface area contributed by atoms with Crippen molar-refractivity contribution in [3.8, 4) is 11.4 Å². The van der Waals surface area contributed by atoms with E-state index in [-0.39, 0.29) is 16.5 Å². The summed E-state index contributed by atoms with van der Waals surface area (Å²) in [6.07, 6.45) is 3.12. The van der Waals surface area contributed by atoms with Gasteiger partial charge in [-0.2, -0.15) is 9.40 Å². The predicted molar refractivity (Wildman–Crippen MR) is 127 cm³/mol. The van der Waals surface area contributed by atoms with Gasteiger partial charge in [0, 0.05) is 25.3 Å². The quantitative estimate of drug-likeness (QED) is 0.530. The minimum Gasteiger partial charge on any atom is -0.493 e. The molecule has 0 saturated carbocycles. The summed E-state index contributed by atoms with van der Waals surface area (Å²) >= 11 is 0. The van der Waals surface area contributed by atoms with Gasteiger partial charge < -0.3 is 9.64 Å². The second kappa shape index (κ2) is 9.36. The van der Waals surface area contributed by atoms with Gasteiger partial charge in [-0.05, 0) is 48.7 Å². The number of carbonyl (C=O) groups excluding carboxylic acids is 1. The van der Waals surface area contributed by atoms with E-state index in [9.17, 15) is 13.2 Å². The van der Waals surface area contributed by atoms with E-state index in [0.29, 0.717) is 37.5 Å². The highest BCUT2D eigenvalue weighted by atomic mass is 32.2. The number of carbonyl (C=O) groups is 1. The van der Waals surface area contributed by atoms with Crippen LogP contribution in [0.4, 0.5) is 5.69 Å². The monoisotopic (exact) mass is 468 g/mol. The van der Waals surface area contributed by atoms with Gasteiger partial charge in [-0.3, -0.25) is 4.79 Å². The molecule has 1 aromatic heterocycles. The van der Waals surface area contributed by atoms with E-state index in [1.807, 2.05) is 44.2 Å². The minimum atomic E-state index is -3.57. The Morgan fingerprint density at radius 1 is 1.12 bits per heavy atom. The lowest BCUT2D eigenvalue weighted by atomic mass is 10.0. The first-order valence-electron chi connectivity index (χ1n) is 11.0. The van der Waals surface area contributed by atoms with Crippen molar-refractivity contribution < 1.29 is 17.9 Å². The van der Waals surface area contributed by atoms with Gasteiger partial charge in [0.15, 0.2) is 11.4 Å². The number of hydrogen-bond donors (Lipinski definition) is 0. The van der Waals surface area contributed by atoms with E-state index < -0.39 is 10.0 Å². The second-order valence-electron chi connectivity index (χ2n) is 7.77. The number of nitrogens with zero attached hydrogens (tertiary/aromatic N) is 4. The van der Waals surface area contributed by atoms with Gasteiger partial charge in [0.05, 0.1) is 23.9 Å². The zero-order chi connectivity index (χ0) is 23.6. The molecule has 0 aliphatic carbocycles. The molecule has 0 bridgehead atoms. The number of anilines is 1. The van der Waals surface area contributed by atoms with Gasteiger partial charge in [-0.1, -0.05) is 32.0 Å². The summed E-state index contributed by atoms with van der Waals surface area (Å²) in [7, 11) is -2.06. The average Bonchev–Trinajstić information content (AvgIpc) is 3.28. The fourth-order valence-electron chi connectivity index (χ4n) is 4.15. The first kappa shape index (κ1) is 23.0. The molecule has 2 heterocycles. The minimum absolute atomic E-state index is 0.217. The fraction of sp³-hybridized carbons (Fsp3) is 0.333. The van der Waals surface area contributed by atoms with Gasteiger partial charge in [-0.25, -0.2) is 13.1 Å². The van der Waals surface area contributed by atoms with Gasteiger partial charge >= 0.3 is 0 Å². The molecule has 33 heavy (non-hydrogen) atoms. The highest BCUT2D eigenvalue weighted by molar-refractivity contribution is 7.89. The van der Waals surface area contributed by atoms with E-state index in [1.54, 1.807) is 34.0 Å². The first-order valence-corrected chi connectivity index (χ1v) is 12.5. The number of benzene rings is 2. The Labute approximate surface area is 194 Å². The zero-order valence-electron chi connectivity index (χ0n) is 19.1. The van der Waals surface area contributed by atoms with E-state index in [2.05, 4.69) is 5.10 Å². The maximum Gasteiger partial charge on any atom is 0.282 e. The molecule has 9 heteroatoms. The molecule has 1 aliphatic heterocycles. The molecule has 0 spiro atoms. The summed E-state index contributed by atoms with van der Waals surface area (Å²) in [5.41, 5.74) is 2.58. The van der Waals surface area contributed by atoms with Crippen LogP contribution in [-0.4, -0.2) is 55.2 Å². The first-order chi connectivity index (χ1) is 15.9. The summed E-state index contributed by atoms with van der Waals surface area (Å²) < 4.78 is 34.4. The van der Waals surface area contributed by atoms with Crippen LogP contribution < -0.4 is 9.64 Å². The molecule has 0 unspecified atom stereocenters. The normalized spacial score (nSPS) is 13.8. The third-order valence-corrected chi connectivity index (χ3v) is 7.93. The average molecular weight is 469 g/mol. The zero-order valence-corrected chi connectivity index (χ0v) is 19.9. The molecule has 0 fully saturated rings. The molecule has 4 rings (SSSR count). The van der Waals surface area contributed by atoms with Gasteiger partial charge in [0.1, 0.15) is 0 Å².